The van der Waals surface area contributed by atoms with E-state index >= 15 is 0 Å². The highest BCUT2D eigenvalue weighted by Crippen LogP contribution is 2.46. The molecule has 2 bridgehead atoms. The fourth-order valence-electron chi connectivity index (χ4n) is 2.45. The lowest BCUT2D eigenvalue weighted by Gasteiger charge is -2.35. The number of ether oxygens (including phenoxy) is 1. The Labute approximate surface area is 76.5 Å². The molecule has 2 aliphatic rings. The van der Waals surface area contributed by atoms with Crippen LogP contribution in [0.3, 0.4) is 0 Å². The summed E-state index contributed by atoms with van der Waals surface area (Å²) in [4.78, 5) is 11.3. The molecule has 13 heavy (non-hydrogen) atoms. The summed E-state index contributed by atoms with van der Waals surface area (Å²) in [6.07, 6.45) is -1.52. The van der Waals surface area contributed by atoms with Crippen molar-refractivity contribution < 1.29 is 19.7 Å². The molecule has 0 radical (unpaired) electrons. The lowest BCUT2D eigenvalue weighted by atomic mass is 9.93. The third kappa shape index (κ3) is 1.06. The van der Waals surface area contributed by atoms with Crippen molar-refractivity contribution in [2.45, 2.75) is 50.1 Å². The van der Waals surface area contributed by atoms with Gasteiger partial charge in [0.1, 0.15) is 29.2 Å². The van der Waals surface area contributed by atoms with Crippen molar-refractivity contribution in [3.63, 3.8) is 0 Å². The van der Waals surface area contributed by atoms with Gasteiger partial charge in [-0.2, -0.15) is 0 Å². The van der Waals surface area contributed by atoms with Crippen LogP contribution in [0.1, 0.15) is 26.7 Å². The maximum Gasteiger partial charge on any atom is 0.138 e. The highest BCUT2D eigenvalue weighted by Gasteiger charge is 2.61. The number of hydrogen-bond acceptors (Lipinski definition) is 4. The zero-order chi connectivity index (χ0) is 9.85. The third-order valence-electron chi connectivity index (χ3n) is 3.11. The molecule has 0 saturated carbocycles. The highest BCUT2D eigenvalue weighted by atomic mass is 16.6. The number of ketones is 1. The summed E-state index contributed by atoms with van der Waals surface area (Å²) in [7, 11) is 0. The van der Waals surface area contributed by atoms with E-state index in [-0.39, 0.29) is 18.6 Å². The second kappa shape index (κ2) is 2.32. The molecule has 4 nitrogen and oxygen atoms in total. The zero-order valence-corrected chi connectivity index (χ0v) is 7.78. The predicted octanol–water partition coefficient (Wildman–Crippen LogP) is -0.381. The molecule has 74 valence electrons. The van der Waals surface area contributed by atoms with Gasteiger partial charge >= 0.3 is 0 Å². The molecule has 2 aliphatic heterocycles. The number of aliphatic hydroxyl groups excluding tert-OH is 2. The molecule has 2 N–H and O–H groups in total. The van der Waals surface area contributed by atoms with Gasteiger partial charge in [0.2, 0.25) is 0 Å². The average Bonchev–Trinajstić information content (AvgIpc) is 2.08. The number of aliphatic hydroxyl groups is 2. The van der Waals surface area contributed by atoms with Gasteiger partial charge < -0.3 is 14.9 Å². The Hall–Kier alpha value is -0.450. The molecule has 0 aliphatic carbocycles. The number of rotatable bonds is 0. The van der Waals surface area contributed by atoms with E-state index in [4.69, 9.17) is 4.74 Å². The predicted molar refractivity (Wildman–Crippen MR) is 44.1 cm³/mol. The fourth-order valence-corrected chi connectivity index (χ4v) is 2.45. The van der Waals surface area contributed by atoms with Crippen LogP contribution in [-0.2, 0) is 9.53 Å². The minimum absolute atomic E-state index is 0.0480. The van der Waals surface area contributed by atoms with E-state index < -0.39 is 23.4 Å². The Morgan fingerprint density at radius 3 is 2.00 bits per heavy atom. The molecule has 2 heterocycles. The zero-order valence-electron chi connectivity index (χ0n) is 7.78. The molecule has 0 aromatic carbocycles. The molecule has 2 fully saturated rings. The van der Waals surface area contributed by atoms with Crippen molar-refractivity contribution in [3.8, 4) is 0 Å². The number of fused-ring (bicyclic) bond motifs is 2. The van der Waals surface area contributed by atoms with Crippen molar-refractivity contribution >= 4 is 5.78 Å². The maximum atomic E-state index is 11.3. The Morgan fingerprint density at radius 2 is 1.62 bits per heavy atom. The summed E-state index contributed by atoms with van der Waals surface area (Å²) < 4.78 is 5.55. The smallest absolute Gasteiger partial charge is 0.138 e. The maximum absolute atomic E-state index is 11.3. The summed E-state index contributed by atoms with van der Waals surface area (Å²) in [6.45, 7) is 3.34. The van der Waals surface area contributed by atoms with E-state index in [9.17, 15) is 15.0 Å². The average molecular weight is 186 g/mol. The Bertz CT molecular complexity index is 240. The monoisotopic (exact) mass is 186 g/mol. The molecule has 2 rings (SSSR count). The van der Waals surface area contributed by atoms with Gasteiger partial charge in [-0.3, -0.25) is 4.79 Å². The van der Waals surface area contributed by atoms with E-state index in [1.807, 2.05) is 0 Å². The van der Waals surface area contributed by atoms with Crippen LogP contribution in [0.25, 0.3) is 0 Å². The lowest BCUT2D eigenvalue weighted by molar-refractivity contribution is -0.164. The fraction of sp³-hybridized carbons (Fsp3) is 0.889. The molecule has 0 amide bonds. The minimum Gasteiger partial charge on any atom is -0.387 e. The topological polar surface area (TPSA) is 66.8 Å². The van der Waals surface area contributed by atoms with Gasteiger partial charge in [-0.1, -0.05) is 0 Å². The lowest BCUT2D eigenvalue weighted by Crippen LogP contribution is -2.44. The first kappa shape index (κ1) is 9.12. The summed E-state index contributed by atoms with van der Waals surface area (Å²) in [6, 6.07) is 0. The van der Waals surface area contributed by atoms with Crippen LogP contribution in [0.5, 0.6) is 0 Å². The molecule has 0 spiro atoms. The molecule has 2 saturated heterocycles. The van der Waals surface area contributed by atoms with Crippen LogP contribution in [-0.4, -0.2) is 39.4 Å². The van der Waals surface area contributed by atoms with Crippen LogP contribution in [0, 0.1) is 0 Å². The van der Waals surface area contributed by atoms with Crippen molar-refractivity contribution in [2.24, 2.45) is 0 Å². The van der Waals surface area contributed by atoms with Crippen LogP contribution in [0.15, 0.2) is 0 Å². The van der Waals surface area contributed by atoms with Gasteiger partial charge in [0, 0.05) is 12.8 Å². The second-order valence-electron chi connectivity index (χ2n) is 4.51. The summed E-state index contributed by atoms with van der Waals surface area (Å²) in [5.41, 5.74) is -1.77. The SMILES string of the molecule is CC12CC(=O)CC(C)(O1)C(O)C2O. The first-order valence-electron chi connectivity index (χ1n) is 4.45. The number of hydrogen-bond donors (Lipinski definition) is 2. The van der Waals surface area contributed by atoms with E-state index in [1.54, 1.807) is 13.8 Å². The standard InChI is InChI=1S/C9H14O4/c1-8-3-5(10)4-9(2,13-8)7(12)6(8)11/h6-7,11-12H,3-4H2,1-2H3. The number of carbonyl (C=O) groups is 1. The van der Waals surface area contributed by atoms with Gasteiger partial charge in [-0.15, -0.1) is 0 Å². The van der Waals surface area contributed by atoms with Crippen LogP contribution < -0.4 is 0 Å². The van der Waals surface area contributed by atoms with E-state index in [0.29, 0.717) is 0 Å². The Morgan fingerprint density at radius 1 is 1.23 bits per heavy atom. The van der Waals surface area contributed by atoms with Crippen molar-refractivity contribution in [3.05, 3.63) is 0 Å². The molecule has 4 heteroatoms. The second-order valence-corrected chi connectivity index (χ2v) is 4.51. The van der Waals surface area contributed by atoms with Crippen molar-refractivity contribution in [1.29, 1.82) is 0 Å². The van der Waals surface area contributed by atoms with Crippen LogP contribution in [0.2, 0.25) is 0 Å². The molecule has 4 unspecified atom stereocenters. The first-order chi connectivity index (χ1) is 5.87. The molecule has 4 atom stereocenters. The Balaban J connectivity index is 2.40. The summed E-state index contributed by atoms with van der Waals surface area (Å²) >= 11 is 0. The first-order valence-corrected chi connectivity index (χ1v) is 4.45. The summed E-state index contributed by atoms with van der Waals surface area (Å²) in [5, 5.41) is 19.4. The quantitative estimate of drug-likeness (QED) is 0.541. The van der Waals surface area contributed by atoms with Crippen LogP contribution >= 0.6 is 0 Å². The molecule has 0 aromatic heterocycles. The van der Waals surface area contributed by atoms with Gasteiger partial charge in [0.05, 0.1) is 0 Å². The highest BCUT2D eigenvalue weighted by molar-refractivity contribution is 5.82. The molecular weight excluding hydrogens is 172 g/mol. The van der Waals surface area contributed by atoms with Gasteiger partial charge in [-0.25, -0.2) is 0 Å². The van der Waals surface area contributed by atoms with Gasteiger partial charge in [0.25, 0.3) is 0 Å². The van der Waals surface area contributed by atoms with Gasteiger partial charge in [-0.05, 0) is 13.8 Å². The van der Waals surface area contributed by atoms with Crippen molar-refractivity contribution in [1.82, 2.24) is 0 Å². The van der Waals surface area contributed by atoms with Crippen LogP contribution in [0.4, 0.5) is 0 Å². The largest absolute Gasteiger partial charge is 0.387 e. The van der Waals surface area contributed by atoms with Crippen molar-refractivity contribution in [2.75, 3.05) is 0 Å². The number of carbonyl (C=O) groups excluding carboxylic acids is 1. The van der Waals surface area contributed by atoms with Gasteiger partial charge in [0.15, 0.2) is 0 Å². The Kier molecular flexibility index (Phi) is 1.63. The summed E-state index contributed by atoms with van der Waals surface area (Å²) in [5.74, 6) is 0.0480. The minimum atomic E-state index is -0.955. The van der Waals surface area contributed by atoms with E-state index in [2.05, 4.69) is 0 Å². The molecule has 0 aromatic rings. The normalized spacial score (nSPS) is 55.5. The van der Waals surface area contributed by atoms with E-state index in [1.165, 1.54) is 0 Å². The third-order valence-corrected chi connectivity index (χ3v) is 3.11. The van der Waals surface area contributed by atoms with E-state index in [0.717, 1.165) is 0 Å². The number of Topliss-reactive ketones (excluding diaryl/α,β-unsaturated/α-hetero) is 1. The molecular formula is C9H14O4.